The summed E-state index contributed by atoms with van der Waals surface area (Å²) in [5, 5.41) is 8.75. The fourth-order valence-electron chi connectivity index (χ4n) is 5.60. The van der Waals surface area contributed by atoms with E-state index < -0.39 is 15.6 Å². The molecule has 12 heteroatoms. The van der Waals surface area contributed by atoms with Crippen LogP contribution in [0.4, 0.5) is 5.69 Å². The summed E-state index contributed by atoms with van der Waals surface area (Å²) in [6, 6.07) is 19.3. The number of piperidine rings is 1. The zero-order chi connectivity index (χ0) is 34.8. The van der Waals surface area contributed by atoms with Crippen molar-refractivity contribution in [1.82, 2.24) is 24.4 Å². The fourth-order valence-corrected chi connectivity index (χ4v) is 7.38. The molecule has 254 valence electrons. The van der Waals surface area contributed by atoms with Gasteiger partial charge in [-0.2, -0.15) is 5.10 Å². The molecule has 0 radical (unpaired) electrons. The molecule has 2 amide bonds. The quantitative estimate of drug-likeness (QED) is 0.144. The number of nitrogens with zero attached hydrogens (tertiary/aromatic N) is 4. The largest absolute Gasteiger partial charge is 0.466 e. The monoisotopic (exact) mass is 680 g/mol. The van der Waals surface area contributed by atoms with E-state index in [1.807, 2.05) is 19.1 Å². The smallest absolute Gasteiger partial charge is 0.310 e. The molecule has 11 nitrogen and oxygen atoms in total. The molecule has 2 N–H and O–H groups in total. The Morgan fingerprint density at radius 2 is 1.82 bits per heavy atom. The number of esters is 1. The zero-order valence-electron chi connectivity index (χ0n) is 27.8. The van der Waals surface area contributed by atoms with Gasteiger partial charge >= 0.3 is 5.97 Å². The first-order valence-electron chi connectivity index (χ1n) is 16.2. The minimum absolute atomic E-state index is 0.166. The lowest BCUT2D eigenvalue weighted by Crippen LogP contribution is -2.40. The van der Waals surface area contributed by atoms with Crippen molar-refractivity contribution >= 4 is 38.5 Å². The molecule has 1 saturated heterocycles. The van der Waals surface area contributed by atoms with Crippen molar-refractivity contribution in [1.29, 1.82) is 0 Å². The van der Waals surface area contributed by atoms with Gasteiger partial charge in [-0.05, 0) is 87.5 Å². The van der Waals surface area contributed by atoms with Crippen molar-refractivity contribution < 1.29 is 23.3 Å². The second-order valence-electron chi connectivity index (χ2n) is 11.7. The van der Waals surface area contributed by atoms with Crippen molar-refractivity contribution in [3.8, 4) is 11.8 Å². The van der Waals surface area contributed by atoms with Gasteiger partial charge in [-0.3, -0.25) is 28.8 Å². The maximum Gasteiger partial charge on any atom is 0.310 e. The number of aryl methyl sites for hydroxylation is 2. The summed E-state index contributed by atoms with van der Waals surface area (Å²) in [4.78, 5) is 45.3. The topological polar surface area (TPSA) is 136 Å². The van der Waals surface area contributed by atoms with E-state index in [0.717, 1.165) is 25.1 Å². The van der Waals surface area contributed by atoms with Crippen LogP contribution >= 0.6 is 0 Å². The van der Waals surface area contributed by atoms with Crippen molar-refractivity contribution in [2.45, 2.75) is 38.0 Å². The Bertz CT molecular complexity index is 2010. The Kier molecular flexibility index (Phi) is 11.6. The number of likely N-dealkylation sites (tertiary alicyclic amines) is 1. The highest BCUT2D eigenvalue weighted by atomic mass is 32.2. The van der Waals surface area contributed by atoms with Gasteiger partial charge in [0.15, 0.2) is 0 Å². The number of anilines is 1. The van der Waals surface area contributed by atoms with Crippen LogP contribution in [0.2, 0.25) is 0 Å². The first-order chi connectivity index (χ1) is 23.6. The van der Waals surface area contributed by atoms with Crippen molar-refractivity contribution in [2.75, 3.05) is 31.6 Å². The molecule has 2 unspecified atom stereocenters. The normalized spacial score (nSPS) is 15.6. The number of carbonyl (C=O) groups is 3. The summed E-state index contributed by atoms with van der Waals surface area (Å²) < 4.78 is 23.8. The zero-order valence-corrected chi connectivity index (χ0v) is 28.7. The van der Waals surface area contributed by atoms with Crippen LogP contribution in [0.5, 0.6) is 0 Å². The van der Waals surface area contributed by atoms with Crippen LogP contribution in [0.1, 0.15) is 63.9 Å². The van der Waals surface area contributed by atoms with E-state index in [9.17, 15) is 18.6 Å². The van der Waals surface area contributed by atoms with Crippen LogP contribution in [0.25, 0.3) is 0 Å². The second kappa shape index (κ2) is 16.2. The van der Waals surface area contributed by atoms with Crippen LogP contribution in [0, 0.1) is 24.7 Å². The first kappa shape index (κ1) is 35.1. The number of benzene rings is 2. The molecule has 1 aliphatic rings. The molecule has 0 aliphatic carbocycles. The van der Waals surface area contributed by atoms with Crippen molar-refractivity contribution in [3.63, 3.8) is 0 Å². The average Bonchev–Trinajstić information content (AvgIpc) is 3.45. The Morgan fingerprint density at radius 1 is 1.02 bits per heavy atom. The summed E-state index contributed by atoms with van der Waals surface area (Å²) in [6.45, 7) is 6.01. The van der Waals surface area contributed by atoms with E-state index in [2.05, 4.69) is 36.9 Å². The van der Waals surface area contributed by atoms with E-state index in [0.29, 0.717) is 53.5 Å². The van der Waals surface area contributed by atoms with Gasteiger partial charge in [0.2, 0.25) is 0 Å². The SMILES string of the molecule is CCOC(=O)C1CCCN(CCC=S(=O)(NC(=O)c2cncc(C#Cc3cccc(NC(=O)c4cc(C)nn4C)c3)c2)c2ccccc2)C1. The average molecular weight is 681 g/mol. The highest BCUT2D eigenvalue weighted by Gasteiger charge is 2.26. The number of rotatable bonds is 10. The van der Waals surface area contributed by atoms with E-state index in [1.54, 1.807) is 80.1 Å². The summed E-state index contributed by atoms with van der Waals surface area (Å²) in [6.07, 6.45) is 5.07. The van der Waals surface area contributed by atoms with Crippen LogP contribution in [-0.4, -0.2) is 73.3 Å². The fraction of sp³-hybridized carbons (Fsp3) is 0.297. The van der Waals surface area contributed by atoms with Crippen LogP contribution in [-0.2, 0) is 26.3 Å². The lowest BCUT2D eigenvalue weighted by molar-refractivity contribution is -0.149. The second-order valence-corrected chi connectivity index (χ2v) is 13.9. The van der Waals surface area contributed by atoms with E-state index >= 15 is 0 Å². The predicted molar refractivity (Wildman–Crippen MR) is 189 cm³/mol. The molecule has 2 atom stereocenters. The molecule has 0 saturated carbocycles. The molecule has 1 aliphatic heterocycles. The first-order valence-corrected chi connectivity index (χ1v) is 17.8. The van der Waals surface area contributed by atoms with Crippen molar-refractivity contribution in [3.05, 3.63) is 107 Å². The summed E-state index contributed by atoms with van der Waals surface area (Å²) >= 11 is 0. The van der Waals surface area contributed by atoms with Crippen LogP contribution in [0.3, 0.4) is 0 Å². The summed E-state index contributed by atoms with van der Waals surface area (Å²) in [5.74, 6) is 4.92. The maximum absolute atomic E-state index is 14.3. The van der Waals surface area contributed by atoms with Gasteiger partial charge in [-0.15, -0.1) is 0 Å². The Morgan fingerprint density at radius 3 is 2.57 bits per heavy atom. The number of nitrogens with one attached hydrogen (secondary N) is 2. The number of hydrogen-bond donors (Lipinski definition) is 2. The van der Waals surface area contributed by atoms with Gasteiger partial charge in [0, 0.05) is 54.2 Å². The lowest BCUT2D eigenvalue weighted by atomic mass is 9.98. The molecule has 1 fully saturated rings. The highest BCUT2D eigenvalue weighted by Crippen LogP contribution is 2.19. The highest BCUT2D eigenvalue weighted by molar-refractivity contribution is 8.00. The van der Waals surface area contributed by atoms with Gasteiger partial charge in [0.1, 0.15) is 5.69 Å². The van der Waals surface area contributed by atoms with Crippen LogP contribution < -0.4 is 10.0 Å². The number of amides is 2. The molecule has 3 heterocycles. The molecular formula is C37H40N6O5S. The standard InChI is InChI=1S/C37H40N6O5S/c1-4-48-37(46)30-12-9-18-43(26-30)19-10-20-49(47,33-14-6-5-7-15-33)41-35(44)31-22-29(24-38-25-31)17-16-28-11-8-13-32(23-28)39-36(45)34-21-27(2)40-42(34)3/h5-8,11,13-15,20-25,30H,4,9-10,12,18-19,26H2,1-3H3,(H,39,45)(H,41,44,47). The van der Waals surface area contributed by atoms with Gasteiger partial charge < -0.3 is 15.0 Å². The van der Waals surface area contributed by atoms with Gasteiger partial charge in [0.05, 0.1) is 33.5 Å². The molecule has 2 aromatic heterocycles. The third-order valence-corrected chi connectivity index (χ3v) is 10.1. The molecule has 0 bridgehead atoms. The number of hydrogen-bond acceptors (Lipinski definition) is 8. The maximum atomic E-state index is 14.3. The van der Waals surface area contributed by atoms with E-state index in [1.165, 1.54) is 10.9 Å². The molecule has 49 heavy (non-hydrogen) atoms. The molecule has 5 rings (SSSR count). The molecule has 4 aromatic rings. The minimum Gasteiger partial charge on any atom is -0.466 e. The number of aromatic nitrogens is 3. The van der Waals surface area contributed by atoms with E-state index in [4.69, 9.17) is 4.74 Å². The van der Waals surface area contributed by atoms with Crippen molar-refractivity contribution in [2.24, 2.45) is 13.0 Å². The summed E-state index contributed by atoms with van der Waals surface area (Å²) in [7, 11) is -1.39. The number of pyridine rings is 1. The lowest BCUT2D eigenvalue weighted by Gasteiger charge is -2.31. The number of ether oxygens (including phenoxy) is 1. The minimum atomic E-state index is -3.11. The van der Waals surface area contributed by atoms with Gasteiger partial charge in [-0.25, -0.2) is 4.21 Å². The molecule has 2 aromatic carbocycles. The van der Waals surface area contributed by atoms with Crippen LogP contribution in [0.15, 0.2) is 84.0 Å². The molecule has 0 spiro atoms. The summed E-state index contributed by atoms with van der Waals surface area (Å²) in [5.41, 5.74) is 3.12. The van der Waals surface area contributed by atoms with Gasteiger partial charge in [0.25, 0.3) is 11.8 Å². The third-order valence-electron chi connectivity index (χ3n) is 7.97. The van der Waals surface area contributed by atoms with E-state index in [-0.39, 0.29) is 23.4 Å². The Labute approximate surface area is 287 Å². The number of carbonyl (C=O) groups excluding carboxylic acids is 3. The Hall–Kier alpha value is -5.25. The predicted octanol–water partition coefficient (Wildman–Crippen LogP) is 4.23. The van der Waals surface area contributed by atoms with Gasteiger partial charge in [-0.1, -0.05) is 36.1 Å². The Balaban J connectivity index is 1.28. The third kappa shape index (κ3) is 9.43. The molecular weight excluding hydrogens is 641 g/mol.